The van der Waals surface area contributed by atoms with E-state index < -0.39 is 16.1 Å². The molecule has 0 saturated heterocycles. The van der Waals surface area contributed by atoms with Gasteiger partial charge in [-0.05, 0) is 32.9 Å². The molecule has 1 N–H and O–H groups in total. The van der Waals surface area contributed by atoms with E-state index in [1.807, 2.05) is 0 Å². The second kappa shape index (κ2) is 8.34. The first-order chi connectivity index (χ1) is 9.80. The van der Waals surface area contributed by atoms with Crippen LogP contribution in [-0.2, 0) is 26.1 Å². The van der Waals surface area contributed by atoms with Crippen LogP contribution in [0.5, 0.6) is 0 Å². The molecule has 8 heteroatoms. The summed E-state index contributed by atoms with van der Waals surface area (Å²) in [6.07, 6.45) is 0.341. The van der Waals surface area contributed by atoms with Gasteiger partial charge in [0.15, 0.2) is 0 Å². The number of hydrogen-bond acceptors (Lipinski definition) is 4. The van der Waals surface area contributed by atoms with Gasteiger partial charge in [-0.3, -0.25) is 9.35 Å². The van der Waals surface area contributed by atoms with E-state index in [1.54, 1.807) is 24.3 Å². The Morgan fingerprint density at radius 1 is 1.27 bits per heavy atom. The van der Waals surface area contributed by atoms with Crippen LogP contribution in [0.25, 0.3) is 10.8 Å². The van der Waals surface area contributed by atoms with Crippen molar-refractivity contribution in [3.8, 4) is 0 Å². The molecule has 0 unspecified atom stereocenters. The topological polar surface area (TPSA) is 80.7 Å². The summed E-state index contributed by atoms with van der Waals surface area (Å²) >= 11 is 3.43. The van der Waals surface area contributed by atoms with E-state index in [9.17, 15) is 17.8 Å². The van der Waals surface area contributed by atoms with Gasteiger partial charge in [-0.1, -0.05) is 24.3 Å². The molecule has 2 rings (SSSR count). The summed E-state index contributed by atoms with van der Waals surface area (Å²) in [6, 6.07) is 8.24. The van der Waals surface area contributed by atoms with Gasteiger partial charge in [0.25, 0.3) is 10.1 Å². The Morgan fingerprint density at radius 3 is 2.41 bits per heavy atom. The normalized spacial score (nSPS) is 11.0. The maximum atomic E-state index is 11.5. The number of carbonyl (C=O) groups excluding carboxylic acids is 1. The molecule has 0 aliphatic heterocycles. The first-order valence-electron chi connectivity index (χ1n) is 6.11. The molecule has 0 aliphatic rings. The van der Waals surface area contributed by atoms with Gasteiger partial charge in [-0.25, -0.2) is 0 Å². The summed E-state index contributed by atoms with van der Waals surface area (Å²) in [6.45, 7) is 1.44. The first kappa shape index (κ1) is 20.2. The Morgan fingerprint density at radius 2 is 1.86 bits per heavy atom. The number of hydrogen-bond donors (Lipinski definition) is 1. The van der Waals surface area contributed by atoms with Crippen LogP contribution in [0.1, 0.15) is 12.5 Å². The maximum absolute atomic E-state index is 11.5. The molecule has 2 aromatic carbocycles. The molecule has 22 heavy (non-hydrogen) atoms. The Labute approximate surface area is 179 Å². The zero-order chi connectivity index (χ0) is 15.6. The average Bonchev–Trinajstić information content (AvgIpc) is 2.40. The van der Waals surface area contributed by atoms with E-state index in [2.05, 4.69) is 15.9 Å². The molecule has 0 aliphatic carbocycles. The van der Waals surface area contributed by atoms with Crippen LogP contribution >= 0.6 is 15.9 Å². The first-order valence-corrected chi connectivity index (χ1v) is 8.35. The van der Waals surface area contributed by atoms with Crippen molar-refractivity contribution < 1.29 is 22.5 Å². The molecule has 0 amide bonds. The van der Waals surface area contributed by atoms with Crippen molar-refractivity contribution in [2.24, 2.45) is 0 Å². The van der Waals surface area contributed by atoms with Gasteiger partial charge in [-0.15, -0.1) is 0 Å². The molecule has 0 saturated carbocycles. The molecular formula is C14H14BrKO5S. The van der Waals surface area contributed by atoms with Crippen molar-refractivity contribution >= 4 is 94.2 Å². The molecule has 114 valence electrons. The zero-order valence-electron chi connectivity index (χ0n) is 11.2. The Hall–Kier alpha value is 0.196. The summed E-state index contributed by atoms with van der Waals surface area (Å²) in [5.74, 6) is -0.401. The number of fused-ring (bicyclic) bond motifs is 1. The molecule has 0 atom stereocenters. The van der Waals surface area contributed by atoms with Crippen LogP contribution in [0.3, 0.4) is 0 Å². The van der Waals surface area contributed by atoms with Gasteiger partial charge in [0.1, 0.15) is 4.90 Å². The number of carbonyl (C=O) groups is 1. The van der Waals surface area contributed by atoms with Gasteiger partial charge < -0.3 is 4.74 Å². The van der Waals surface area contributed by atoms with E-state index in [-0.39, 0.29) is 62.9 Å². The summed E-state index contributed by atoms with van der Waals surface area (Å²) in [4.78, 5) is 10.6. The quantitative estimate of drug-likeness (QED) is 0.473. The SMILES string of the molecule is CC(=O)OCCc1cc(S(=O)(=O)O)c2ccccc2c1Br.[KH]. The third kappa shape index (κ3) is 4.84. The molecule has 0 bridgehead atoms. The van der Waals surface area contributed by atoms with Crippen LogP contribution in [0.4, 0.5) is 0 Å². The standard InChI is InChI=1S/C14H13BrO5S.K.H/c1-9(16)20-7-6-10-8-13(21(17,18)19)11-4-2-3-5-12(11)14(10)15;;/h2-5,8H,6-7H2,1H3,(H,17,18,19);;. The van der Waals surface area contributed by atoms with Crippen molar-refractivity contribution in [3.63, 3.8) is 0 Å². The van der Waals surface area contributed by atoms with Crippen molar-refractivity contribution in [1.82, 2.24) is 0 Å². The van der Waals surface area contributed by atoms with Crippen LogP contribution in [0.15, 0.2) is 39.7 Å². The third-order valence-electron chi connectivity index (χ3n) is 2.97. The van der Waals surface area contributed by atoms with E-state index >= 15 is 0 Å². The second-order valence-corrected chi connectivity index (χ2v) is 6.64. The second-order valence-electron chi connectivity index (χ2n) is 4.46. The summed E-state index contributed by atoms with van der Waals surface area (Å²) in [5.41, 5.74) is 0.641. The van der Waals surface area contributed by atoms with Gasteiger partial charge in [0, 0.05) is 23.2 Å². The molecule has 0 aromatic heterocycles. The Balaban J connectivity index is 0.00000242. The molecule has 0 heterocycles. The number of esters is 1. The van der Waals surface area contributed by atoms with Crippen molar-refractivity contribution in [2.45, 2.75) is 18.2 Å². The van der Waals surface area contributed by atoms with Gasteiger partial charge in [0.2, 0.25) is 0 Å². The average molecular weight is 413 g/mol. The van der Waals surface area contributed by atoms with Crippen LogP contribution in [0, 0.1) is 0 Å². The number of rotatable bonds is 4. The predicted octanol–water partition coefficient (Wildman–Crippen LogP) is 2.31. The fraction of sp³-hybridized carbons (Fsp3) is 0.214. The van der Waals surface area contributed by atoms with Crippen LogP contribution < -0.4 is 0 Å². The minimum absolute atomic E-state index is 0. The molecule has 0 radical (unpaired) electrons. The summed E-state index contributed by atoms with van der Waals surface area (Å²) < 4.78 is 38.1. The Bertz CT molecular complexity index is 804. The van der Waals surface area contributed by atoms with Crippen LogP contribution in [-0.4, -0.2) is 76.9 Å². The third-order valence-corrected chi connectivity index (χ3v) is 4.80. The molecule has 0 spiro atoms. The molecule has 5 nitrogen and oxygen atoms in total. The van der Waals surface area contributed by atoms with E-state index in [4.69, 9.17) is 4.74 Å². The molecule has 2 aromatic rings. The van der Waals surface area contributed by atoms with Gasteiger partial charge in [0.05, 0.1) is 6.61 Å². The van der Waals surface area contributed by atoms with Crippen LogP contribution in [0.2, 0.25) is 0 Å². The predicted molar refractivity (Wildman–Crippen MR) is 88.9 cm³/mol. The summed E-state index contributed by atoms with van der Waals surface area (Å²) in [5, 5.41) is 1.11. The number of benzene rings is 2. The fourth-order valence-electron chi connectivity index (χ4n) is 2.06. The number of halogens is 1. The molecular weight excluding hydrogens is 399 g/mol. The zero-order valence-corrected chi connectivity index (χ0v) is 13.6. The monoisotopic (exact) mass is 412 g/mol. The summed E-state index contributed by atoms with van der Waals surface area (Å²) in [7, 11) is -4.34. The molecule has 0 fully saturated rings. The Kier molecular flexibility index (Phi) is 7.67. The van der Waals surface area contributed by atoms with Crippen molar-refractivity contribution in [3.05, 3.63) is 40.4 Å². The van der Waals surface area contributed by atoms with Crippen molar-refractivity contribution in [2.75, 3.05) is 6.61 Å². The van der Waals surface area contributed by atoms with Gasteiger partial charge in [-0.2, -0.15) is 8.42 Å². The van der Waals surface area contributed by atoms with E-state index in [0.29, 0.717) is 22.8 Å². The van der Waals surface area contributed by atoms with E-state index in [0.717, 1.165) is 4.47 Å². The van der Waals surface area contributed by atoms with Crippen molar-refractivity contribution in [1.29, 1.82) is 0 Å². The van der Waals surface area contributed by atoms with E-state index in [1.165, 1.54) is 13.0 Å². The fourth-order valence-corrected chi connectivity index (χ4v) is 3.47. The van der Waals surface area contributed by atoms with Gasteiger partial charge >= 0.3 is 57.4 Å². The number of ether oxygens (including phenoxy) is 1. The minimum atomic E-state index is -4.34.